The van der Waals surface area contributed by atoms with Crippen molar-refractivity contribution in [2.45, 2.75) is 19.7 Å². The molecule has 0 unspecified atom stereocenters. The van der Waals surface area contributed by atoms with Crippen LogP contribution in [0, 0.1) is 19.7 Å². The lowest BCUT2D eigenvalue weighted by molar-refractivity contribution is 0.472. The predicted molar refractivity (Wildman–Crippen MR) is 71.9 cm³/mol. The Morgan fingerprint density at radius 1 is 1.17 bits per heavy atom. The van der Waals surface area contributed by atoms with Crippen molar-refractivity contribution in [3.05, 3.63) is 58.9 Å². The normalized spacial score (nSPS) is 10.4. The van der Waals surface area contributed by atoms with Gasteiger partial charge in [-0.3, -0.25) is 0 Å². The highest BCUT2D eigenvalue weighted by Gasteiger charge is 2.06. The second-order valence-electron chi connectivity index (χ2n) is 4.23. The van der Waals surface area contributed by atoms with Gasteiger partial charge in [0, 0.05) is 11.9 Å². The van der Waals surface area contributed by atoms with Gasteiger partial charge in [-0.25, -0.2) is 4.39 Å². The second-order valence-corrected chi connectivity index (χ2v) is 4.50. The van der Waals surface area contributed by atoms with E-state index in [4.69, 9.17) is 16.3 Å². The van der Waals surface area contributed by atoms with Crippen LogP contribution in [0.4, 0.5) is 4.39 Å². The van der Waals surface area contributed by atoms with Gasteiger partial charge in [0.05, 0.1) is 0 Å². The first kappa shape index (κ1) is 12.9. The molecular weight excluding hydrogens is 251 g/mol. The van der Waals surface area contributed by atoms with Crippen molar-refractivity contribution in [1.29, 1.82) is 0 Å². The van der Waals surface area contributed by atoms with Crippen LogP contribution in [-0.2, 0) is 5.88 Å². The van der Waals surface area contributed by atoms with E-state index in [9.17, 15) is 4.39 Å². The van der Waals surface area contributed by atoms with Gasteiger partial charge in [0.2, 0.25) is 0 Å². The van der Waals surface area contributed by atoms with E-state index >= 15 is 0 Å². The van der Waals surface area contributed by atoms with Crippen molar-refractivity contribution in [3.63, 3.8) is 0 Å². The number of hydrogen-bond donors (Lipinski definition) is 0. The molecule has 0 radical (unpaired) electrons. The summed E-state index contributed by atoms with van der Waals surface area (Å²) in [6, 6.07) is 10.3. The summed E-state index contributed by atoms with van der Waals surface area (Å²) in [7, 11) is 0. The SMILES string of the molecule is Cc1cccc(Oc2cc(F)cc(CCl)c2)c1C. The Bertz CT molecular complexity index is 566. The molecule has 2 rings (SSSR count). The van der Waals surface area contributed by atoms with Crippen LogP contribution >= 0.6 is 11.6 Å². The zero-order valence-electron chi connectivity index (χ0n) is 10.3. The van der Waals surface area contributed by atoms with Crippen LogP contribution < -0.4 is 4.74 Å². The summed E-state index contributed by atoms with van der Waals surface area (Å²) in [6.07, 6.45) is 0. The third-order valence-electron chi connectivity index (χ3n) is 2.87. The summed E-state index contributed by atoms with van der Waals surface area (Å²) in [4.78, 5) is 0. The molecule has 0 aliphatic rings. The predicted octanol–water partition coefficient (Wildman–Crippen LogP) is 4.97. The number of benzene rings is 2. The van der Waals surface area contributed by atoms with E-state index in [1.165, 1.54) is 12.1 Å². The largest absolute Gasteiger partial charge is 0.457 e. The Labute approximate surface area is 111 Å². The number of aryl methyl sites for hydroxylation is 1. The van der Waals surface area contributed by atoms with Crippen LogP contribution in [0.1, 0.15) is 16.7 Å². The first-order chi connectivity index (χ1) is 8.60. The molecule has 18 heavy (non-hydrogen) atoms. The lowest BCUT2D eigenvalue weighted by Gasteiger charge is -2.11. The highest BCUT2D eigenvalue weighted by molar-refractivity contribution is 6.17. The van der Waals surface area contributed by atoms with Crippen LogP contribution in [0.25, 0.3) is 0 Å². The molecule has 0 atom stereocenters. The zero-order valence-corrected chi connectivity index (χ0v) is 11.1. The van der Waals surface area contributed by atoms with Crippen molar-refractivity contribution < 1.29 is 9.13 Å². The van der Waals surface area contributed by atoms with Crippen molar-refractivity contribution in [3.8, 4) is 11.5 Å². The molecule has 1 nitrogen and oxygen atoms in total. The lowest BCUT2D eigenvalue weighted by Crippen LogP contribution is -1.92. The number of alkyl halides is 1. The quantitative estimate of drug-likeness (QED) is 0.711. The van der Waals surface area contributed by atoms with Gasteiger partial charge in [-0.15, -0.1) is 11.6 Å². The molecule has 2 aromatic rings. The fourth-order valence-electron chi connectivity index (χ4n) is 1.72. The van der Waals surface area contributed by atoms with Crippen molar-refractivity contribution in [1.82, 2.24) is 0 Å². The summed E-state index contributed by atoms with van der Waals surface area (Å²) >= 11 is 5.71. The molecular formula is C15H14ClFO. The van der Waals surface area contributed by atoms with Crippen LogP contribution in [0.2, 0.25) is 0 Å². The molecule has 0 spiro atoms. The minimum absolute atomic E-state index is 0.265. The molecule has 0 bridgehead atoms. The van der Waals surface area contributed by atoms with Crippen molar-refractivity contribution >= 4 is 11.6 Å². The lowest BCUT2D eigenvalue weighted by atomic mass is 10.1. The first-order valence-corrected chi connectivity index (χ1v) is 6.23. The topological polar surface area (TPSA) is 9.23 Å². The second kappa shape index (κ2) is 5.40. The van der Waals surface area contributed by atoms with Gasteiger partial charge in [-0.2, -0.15) is 0 Å². The Morgan fingerprint density at radius 3 is 2.67 bits per heavy atom. The molecule has 0 N–H and O–H groups in total. The third-order valence-corrected chi connectivity index (χ3v) is 3.18. The number of rotatable bonds is 3. The van der Waals surface area contributed by atoms with Gasteiger partial charge < -0.3 is 4.74 Å². The van der Waals surface area contributed by atoms with Gasteiger partial charge >= 0.3 is 0 Å². The molecule has 94 valence electrons. The van der Waals surface area contributed by atoms with Crippen molar-refractivity contribution in [2.75, 3.05) is 0 Å². The number of hydrogen-bond acceptors (Lipinski definition) is 1. The monoisotopic (exact) mass is 264 g/mol. The van der Waals surface area contributed by atoms with Gasteiger partial charge in [0.25, 0.3) is 0 Å². The van der Waals surface area contributed by atoms with Gasteiger partial charge in [0.15, 0.2) is 0 Å². The zero-order chi connectivity index (χ0) is 13.1. The Kier molecular flexibility index (Phi) is 3.87. The molecule has 0 aliphatic heterocycles. The van der Waals surface area contributed by atoms with Crippen molar-refractivity contribution in [2.24, 2.45) is 0 Å². The maximum Gasteiger partial charge on any atom is 0.130 e. The van der Waals surface area contributed by atoms with E-state index in [1.807, 2.05) is 32.0 Å². The summed E-state index contributed by atoms with van der Waals surface area (Å²) in [5, 5.41) is 0. The molecule has 3 heteroatoms. The highest BCUT2D eigenvalue weighted by atomic mass is 35.5. The first-order valence-electron chi connectivity index (χ1n) is 5.69. The van der Waals surface area contributed by atoms with E-state index in [2.05, 4.69) is 0 Å². The molecule has 0 aromatic heterocycles. The summed E-state index contributed by atoms with van der Waals surface area (Å²) in [5.41, 5.74) is 2.90. The maximum absolute atomic E-state index is 13.4. The third kappa shape index (κ3) is 2.82. The van der Waals surface area contributed by atoms with E-state index in [0.717, 1.165) is 16.9 Å². The van der Waals surface area contributed by atoms with E-state index in [1.54, 1.807) is 6.07 Å². The van der Waals surface area contributed by atoms with Crippen LogP contribution in [0.3, 0.4) is 0 Å². The Balaban J connectivity index is 2.34. The summed E-state index contributed by atoms with van der Waals surface area (Å²) in [6.45, 7) is 3.99. The minimum atomic E-state index is -0.339. The van der Waals surface area contributed by atoms with Gasteiger partial charge in [-0.1, -0.05) is 12.1 Å². The van der Waals surface area contributed by atoms with E-state index in [0.29, 0.717) is 11.3 Å². The number of ether oxygens (including phenoxy) is 1. The van der Waals surface area contributed by atoms with Crippen LogP contribution in [-0.4, -0.2) is 0 Å². The van der Waals surface area contributed by atoms with E-state index < -0.39 is 0 Å². The maximum atomic E-state index is 13.4. The molecule has 0 fully saturated rings. The van der Waals surface area contributed by atoms with E-state index in [-0.39, 0.29) is 11.7 Å². The molecule has 0 aliphatic carbocycles. The van der Waals surface area contributed by atoms with Gasteiger partial charge in [-0.05, 0) is 48.7 Å². The fourth-order valence-corrected chi connectivity index (χ4v) is 1.87. The smallest absolute Gasteiger partial charge is 0.130 e. The van der Waals surface area contributed by atoms with Crippen LogP contribution in [0.5, 0.6) is 11.5 Å². The van der Waals surface area contributed by atoms with Crippen LogP contribution in [0.15, 0.2) is 36.4 Å². The molecule has 0 saturated heterocycles. The number of halogens is 2. The summed E-state index contributed by atoms with van der Waals surface area (Å²) in [5.74, 6) is 1.13. The average molecular weight is 265 g/mol. The fraction of sp³-hybridized carbons (Fsp3) is 0.200. The summed E-state index contributed by atoms with van der Waals surface area (Å²) < 4.78 is 19.1. The molecule has 0 saturated carbocycles. The Morgan fingerprint density at radius 2 is 1.94 bits per heavy atom. The standard InChI is InChI=1S/C15H14ClFO/c1-10-4-3-5-15(11(10)2)18-14-7-12(9-16)6-13(17)8-14/h3-8H,9H2,1-2H3. The Hall–Kier alpha value is -1.54. The molecule has 0 amide bonds. The molecule has 0 heterocycles. The average Bonchev–Trinajstić information content (AvgIpc) is 2.34. The minimum Gasteiger partial charge on any atom is -0.457 e. The molecule has 2 aromatic carbocycles. The highest BCUT2D eigenvalue weighted by Crippen LogP contribution is 2.28. The van der Waals surface area contributed by atoms with Gasteiger partial charge in [0.1, 0.15) is 17.3 Å².